The van der Waals surface area contributed by atoms with Gasteiger partial charge in [-0.1, -0.05) is 45.4 Å². The van der Waals surface area contributed by atoms with Crippen LogP contribution in [0.25, 0.3) is 0 Å². The highest BCUT2D eigenvalue weighted by molar-refractivity contribution is 4.70. The Balaban J connectivity index is 1.97. The van der Waals surface area contributed by atoms with E-state index in [2.05, 4.69) is 6.92 Å². The molecule has 2 N–H and O–H groups in total. The van der Waals surface area contributed by atoms with E-state index in [1.54, 1.807) is 0 Å². The van der Waals surface area contributed by atoms with Crippen LogP contribution in [-0.4, -0.2) is 6.04 Å². The highest BCUT2D eigenvalue weighted by atomic mass is 14.6. The van der Waals surface area contributed by atoms with Gasteiger partial charge in [-0.25, -0.2) is 0 Å². The van der Waals surface area contributed by atoms with Crippen molar-refractivity contribution in [1.29, 1.82) is 0 Å². The number of hydrogen-bond donors (Lipinski definition) is 1. The summed E-state index contributed by atoms with van der Waals surface area (Å²) >= 11 is 0. The second kappa shape index (κ2) is 6.42. The molecular weight excluding hydrogens is 158 g/mol. The van der Waals surface area contributed by atoms with Crippen molar-refractivity contribution in [2.75, 3.05) is 0 Å². The largest absolute Gasteiger partial charge is 0.328 e. The van der Waals surface area contributed by atoms with Gasteiger partial charge in [0.15, 0.2) is 0 Å². The average molecular weight is 183 g/mol. The van der Waals surface area contributed by atoms with Gasteiger partial charge in [-0.15, -0.1) is 0 Å². The van der Waals surface area contributed by atoms with Gasteiger partial charge in [-0.05, 0) is 25.2 Å². The van der Waals surface area contributed by atoms with Gasteiger partial charge in [0, 0.05) is 6.04 Å². The highest BCUT2D eigenvalue weighted by Crippen LogP contribution is 2.29. The van der Waals surface area contributed by atoms with E-state index in [9.17, 15) is 0 Å². The van der Waals surface area contributed by atoms with E-state index in [1.165, 1.54) is 57.8 Å². The lowest BCUT2D eigenvalue weighted by Crippen LogP contribution is -2.20. The lowest BCUT2D eigenvalue weighted by molar-refractivity contribution is 0.431. The molecule has 13 heavy (non-hydrogen) atoms. The van der Waals surface area contributed by atoms with E-state index in [0.29, 0.717) is 6.04 Å². The fraction of sp³-hybridized carbons (Fsp3) is 1.00. The van der Waals surface area contributed by atoms with Crippen molar-refractivity contribution in [3.8, 4) is 0 Å². The zero-order valence-corrected chi connectivity index (χ0v) is 9.10. The Morgan fingerprint density at radius 3 is 2.54 bits per heavy atom. The van der Waals surface area contributed by atoms with Crippen molar-refractivity contribution in [3.05, 3.63) is 0 Å². The summed E-state index contributed by atoms with van der Waals surface area (Å²) < 4.78 is 0. The first-order valence-electron chi connectivity index (χ1n) is 6.08. The fourth-order valence-corrected chi connectivity index (χ4v) is 2.36. The Morgan fingerprint density at radius 1 is 1.23 bits per heavy atom. The number of nitrogens with two attached hydrogens (primary N) is 1. The summed E-state index contributed by atoms with van der Waals surface area (Å²) in [5, 5.41) is 0. The normalized spacial score (nSPS) is 20.8. The summed E-state index contributed by atoms with van der Waals surface area (Å²) in [6, 6.07) is 0.487. The molecule has 0 aromatic rings. The van der Waals surface area contributed by atoms with Crippen molar-refractivity contribution >= 4 is 0 Å². The molecule has 1 aliphatic rings. The van der Waals surface area contributed by atoms with Crippen LogP contribution in [0.3, 0.4) is 0 Å². The van der Waals surface area contributed by atoms with E-state index < -0.39 is 0 Å². The standard InChI is InChI=1S/C12H25N/c1-2-3-8-12(13)10-9-11-6-4-5-7-11/h11-12H,2-10,13H2,1H3. The number of rotatable bonds is 6. The van der Waals surface area contributed by atoms with E-state index >= 15 is 0 Å². The second-order valence-electron chi connectivity index (χ2n) is 4.63. The number of unbranched alkanes of at least 4 members (excludes halogenated alkanes) is 1. The number of hydrogen-bond acceptors (Lipinski definition) is 1. The Bertz CT molecular complexity index is 116. The lowest BCUT2D eigenvalue weighted by Gasteiger charge is -2.13. The minimum atomic E-state index is 0.487. The molecule has 0 amide bonds. The third-order valence-electron chi connectivity index (χ3n) is 3.35. The SMILES string of the molecule is CCCCC(N)CCC1CCCC1. The van der Waals surface area contributed by atoms with E-state index in [-0.39, 0.29) is 0 Å². The molecule has 78 valence electrons. The molecule has 1 fully saturated rings. The van der Waals surface area contributed by atoms with Crippen LogP contribution in [-0.2, 0) is 0 Å². The highest BCUT2D eigenvalue weighted by Gasteiger charge is 2.15. The molecule has 1 unspecified atom stereocenters. The Kier molecular flexibility index (Phi) is 5.45. The molecule has 0 aromatic carbocycles. The molecule has 1 aliphatic carbocycles. The molecule has 0 heterocycles. The van der Waals surface area contributed by atoms with Gasteiger partial charge >= 0.3 is 0 Å². The molecule has 1 rings (SSSR count). The summed E-state index contributed by atoms with van der Waals surface area (Å²) in [7, 11) is 0. The van der Waals surface area contributed by atoms with Crippen LogP contribution in [0.5, 0.6) is 0 Å². The van der Waals surface area contributed by atoms with Gasteiger partial charge in [-0.3, -0.25) is 0 Å². The quantitative estimate of drug-likeness (QED) is 0.670. The zero-order chi connectivity index (χ0) is 9.52. The first-order chi connectivity index (χ1) is 6.33. The van der Waals surface area contributed by atoms with Gasteiger partial charge in [0.05, 0.1) is 0 Å². The van der Waals surface area contributed by atoms with Crippen LogP contribution in [0, 0.1) is 5.92 Å². The van der Waals surface area contributed by atoms with Crippen LogP contribution in [0.15, 0.2) is 0 Å². The van der Waals surface area contributed by atoms with Crippen molar-refractivity contribution in [1.82, 2.24) is 0 Å². The molecule has 1 saturated carbocycles. The van der Waals surface area contributed by atoms with E-state index in [4.69, 9.17) is 5.73 Å². The summed E-state index contributed by atoms with van der Waals surface area (Å²) in [5.74, 6) is 1.02. The van der Waals surface area contributed by atoms with E-state index in [1.807, 2.05) is 0 Å². The molecule has 1 nitrogen and oxygen atoms in total. The first kappa shape index (κ1) is 11.0. The van der Waals surface area contributed by atoms with Gasteiger partial charge < -0.3 is 5.73 Å². The third-order valence-corrected chi connectivity index (χ3v) is 3.35. The summed E-state index contributed by atoms with van der Waals surface area (Å²) in [4.78, 5) is 0. The van der Waals surface area contributed by atoms with Crippen LogP contribution in [0.2, 0.25) is 0 Å². The third kappa shape index (κ3) is 4.66. The van der Waals surface area contributed by atoms with Crippen molar-refractivity contribution < 1.29 is 0 Å². The van der Waals surface area contributed by atoms with Crippen LogP contribution in [0.4, 0.5) is 0 Å². The maximum absolute atomic E-state index is 6.04. The Morgan fingerprint density at radius 2 is 1.92 bits per heavy atom. The monoisotopic (exact) mass is 183 g/mol. The summed E-state index contributed by atoms with van der Waals surface area (Å²) in [6.45, 7) is 2.24. The molecule has 1 atom stereocenters. The van der Waals surface area contributed by atoms with Crippen LogP contribution < -0.4 is 5.73 Å². The van der Waals surface area contributed by atoms with Gasteiger partial charge in [0.1, 0.15) is 0 Å². The lowest BCUT2D eigenvalue weighted by atomic mass is 9.97. The first-order valence-corrected chi connectivity index (χ1v) is 6.08. The van der Waals surface area contributed by atoms with Gasteiger partial charge in [-0.2, -0.15) is 0 Å². The maximum Gasteiger partial charge on any atom is 0.00389 e. The molecule has 0 aliphatic heterocycles. The molecule has 0 bridgehead atoms. The average Bonchev–Trinajstić information content (AvgIpc) is 2.64. The van der Waals surface area contributed by atoms with Crippen molar-refractivity contribution in [3.63, 3.8) is 0 Å². The summed E-state index contributed by atoms with van der Waals surface area (Å²) in [5.41, 5.74) is 6.04. The van der Waals surface area contributed by atoms with Gasteiger partial charge in [0.2, 0.25) is 0 Å². The predicted octanol–water partition coefficient (Wildman–Crippen LogP) is 3.47. The smallest absolute Gasteiger partial charge is 0.00389 e. The molecule has 0 spiro atoms. The van der Waals surface area contributed by atoms with Crippen molar-refractivity contribution in [2.45, 2.75) is 70.8 Å². The van der Waals surface area contributed by atoms with Crippen LogP contribution in [0.1, 0.15) is 64.7 Å². The minimum absolute atomic E-state index is 0.487. The van der Waals surface area contributed by atoms with Gasteiger partial charge in [0.25, 0.3) is 0 Å². The minimum Gasteiger partial charge on any atom is -0.328 e. The molecular formula is C12H25N. The molecule has 1 heteroatoms. The topological polar surface area (TPSA) is 26.0 Å². The molecule has 0 saturated heterocycles. The van der Waals surface area contributed by atoms with E-state index in [0.717, 1.165) is 5.92 Å². The second-order valence-corrected chi connectivity index (χ2v) is 4.63. The Labute approximate surface area is 83.1 Å². The Hall–Kier alpha value is -0.0400. The summed E-state index contributed by atoms with van der Waals surface area (Å²) in [6.07, 6.45) is 12.4. The maximum atomic E-state index is 6.04. The fourth-order valence-electron chi connectivity index (χ4n) is 2.36. The molecule has 0 radical (unpaired) electrons. The van der Waals surface area contributed by atoms with Crippen LogP contribution >= 0.6 is 0 Å². The molecule has 0 aromatic heterocycles. The van der Waals surface area contributed by atoms with Crippen molar-refractivity contribution in [2.24, 2.45) is 11.7 Å². The predicted molar refractivity (Wildman–Crippen MR) is 58.7 cm³/mol. The zero-order valence-electron chi connectivity index (χ0n) is 9.10.